The summed E-state index contributed by atoms with van der Waals surface area (Å²) < 4.78 is 26.9. The monoisotopic (exact) mass is 353 g/mol. The third-order valence-electron chi connectivity index (χ3n) is 3.24. The van der Waals surface area contributed by atoms with Crippen LogP contribution < -0.4 is 10.0 Å². The van der Waals surface area contributed by atoms with Crippen molar-refractivity contribution in [2.45, 2.75) is 38.1 Å². The summed E-state index contributed by atoms with van der Waals surface area (Å²) in [4.78, 5) is 17.3. The average molecular weight is 353 g/mol. The van der Waals surface area contributed by atoms with Crippen molar-refractivity contribution in [2.75, 3.05) is 5.32 Å². The van der Waals surface area contributed by atoms with Gasteiger partial charge in [0.15, 0.2) is 5.13 Å². The minimum Gasteiger partial charge on any atom is -0.298 e. The second kappa shape index (κ2) is 7.20. The number of carbonyl (C=O) groups is 1. The Bertz CT molecular complexity index is 783. The molecule has 1 aromatic carbocycles. The Morgan fingerprint density at radius 2 is 1.96 bits per heavy atom. The van der Waals surface area contributed by atoms with Crippen LogP contribution in [-0.4, -0.2) is 25.4 Å². The summed E-state index contributed by atoms with van der Waals surface area (Å²) in [7, 11) is -3.56. The van der Waals surface area contributed by atoms with E-state index in [9.17, 15) is 13.2 Å². The van der Waals surface area contributed by atoms with E-state index in [4.69, 9.17) is 0 Å². The molecule has 0 bridgehead atoms. The molecule has 1 amide bonds. The first-order valence-electron chi connectivity index (χ1n) is 7.18. The first kappa shape index (κ1) is 17.6. The number of rotatable bonds is 6. The van der Waals surface area contributed by atoms with Crippen LogP contribution in [0.25, 0.3) is 0 Å². The van der Waals surface area contributed by atoms with E-state index in [1.807, 2.05) is 13.8 Å². The number of nitrogens with zero attached hydrogens (tertiary/aromatic N) is 1. The van der Waals surface area contributed by atoms with E-state index in [0.29, 0.717) is 17.1 Å². The van der Waals surface area contributed by atoms with Crippen LogP contribution in [0.15, 0.2) is 35.4 Å². The number of amides is 1. The fourth-order valence-electron chi connectivity index (χ4n) is 1.78. The van der Waals surface area contributed by atoms with Gasteiger partial charge in [-0.15, -0.1) is 11.3 Å². The van der Waals surface area contributed by atoms with E-state index in [-0.39, 0.29) is 16.8 Å². The Hall–Kier alpha value is -1.77. The number of aryl methyl sites for hydroxylation is 1. The first-order chi connectivity index (χ1) is 10.8. The maximum atomic E-state index is 12.2. The van der Waals surface area contributed by atoms with Gasteiger partial charge in [-0.2, -0.15) is 0 Å². The number of sulfonamides is 1. The summed E-state index contributed by atoms with van der Waals surface area (Å²) in [6.45, 7) is 5.60. The van der Waals surface area contributed by atoms with Crippen LogP contribution in [-0.2, 0) is 10.0 Å². The normalized spacial score (nSPS) is 12.8. The van der Waals surface area contributed by atoms with Gasteiger partial charge in [0.2, 0.25) is 10.0 Å². The Balaban J connectivity index is 2.11. The van der Waals surface area contributed by atoms with Crippen molar-refractivity contribution < 1.29 is 13.2 Å². The quantitative estimate of drug-likeness (QED) is 0.836. The van der Waals surface area contributed by atoms with E-state index in [1.54, 1.807) is 13.1 Å². The molecule has 0 aliphatic rings. The van der Waals surface area contributed by atoms with Gasteiger partial charge in [-0.3, -0.25) is 10.1 Å². The maximum Gasteiger partial charge on any atom is 0.257 e. The largest absolute Gasteiger partial charge is 0.298 e. The first-order valence-corrected chi connectivity index (χ1v) is 9.48. The van der Waals surface area contributed by atoms with Crippen molar-refractivity contribution in [3.63, 3.8) is 0 Å². The zero-order chi connectivity index (χ0) is 17.0. The number of hydrogen-bond acceptors (Lipinski definition) is 5. The molecule has 1 heterocycles. The smallest absolute Gasteiger partial charge is 0.257 e. The van der Waals surface area contributed by atoms with E-state index in [2.05, 4.69) is 15.0 Å². The molecule has 23 heavy (non-hydrogen) atoms. The van der Waals surface area contributed by atoms with Crippen LogP contribution in [0, 0.1) is 6.92 Å². The lowest BCUT2D eigenvalue weighted by molar-refractivity contribution is 0.102. The molecule has 0 spiro atoms. The number of nitrogens with one attached hydrogen (secondary N) is 2. The van der Waals surface area contributed by atoms with Gasteiger partial charge in [0.1, 0.15) is 0 Å². The molecular formula is C15H19N3O3S2. The van der Waals surface area contributed by atoms with Crippen molar-refractivity contribution in [3.05, 3.63) is 40.9 Å². The molecule has 1 atom stereocenters. The second-order valence-electron chi connectivity index (χ2n) is 5.19. The molecule has 1 aromatic heterocycles. The SMILES string of the molecule is CCC(C)NS(=O)(=O)c1ccc(C(=O)Nc2ncc(C)s2)cc1. The van der Waals surface area contributed by atoms with E-state index in [0.717, 1.165) is 4.88 Å². The molecular weight excluding hydrogens is 334 g/mol. The van der Waals surface area contributed by atoms with E-state index < -0.39 is 10.0 Å². The average Bonchev–Trinajstić information content (AvgIpc) is 2.92. The van der Waals surface area contributed by atoms with Crippen molar-refractivity contribution in [1.29, 1.82) is 0 Å². The fraction of sp³-hybridized carbons (Fsp3) is 0.333. The molecule has 2 aromatic rings. The van der Waals surface area contributed by atoms with Crippen molar-refractivity contribution >= 4 is 32.4 Å². The number of carbonyl (C=O) groups excluding carboxylic acids is 1. The molecule has 0 aliphatic heterocycles. The lowest BCUT2D eigenvalue weighted by Crippen LogP contribution is -2.32. The van der Waals surface area contributed by atoms with Crippen molar-refractivity contribution in [1.82, 2.24) is 9.71 Å². The van der Waals surface area contributed by atoms with Crippen molar-refractivity contribution in [3.8, 4) is 0 Å². The Morgan fingerprint density at radius 1 is 1.30 bits per heavy atom. The summed E-state index contributed by atoms with van der Waals surface area (Å²) in [6.07, 6.45) is 2.38. The van der Waals surface area contributed by atoms with Gasteiger partial charge in [-0.1, -0.05) is 6.92 Å². The predicted octanol–water partition coefficient (Wildman–Crippen LogP) is 2.78. The second-order valence-corrected chi connectivity index (χ2v) is 8.13. The summed E-state index contributed by atoms with van der Waals surface area (Å²) >= 11 is 1.38. The Kier molecular flexibility index (Phi) is 5.51. The maximum absolute atomic E-state index is 12.2. The molecule has 0 fully saturated rings. The van der Waals surface area contributed by atoms with Crippen molar-refractivity contribution in [2.24, 2.45) is 0 Å². The summed E-state index contributed by atoms with van der Waals surface area (Å²) in [5.41, 5.74) is 0.375. The Morgan fingerprint density at radius 3 is 2.48 bits per heavy atom. The van der Waals surface area contributed by atoms with Crippen LogP contribution in [0.3, 0.4) is 0 Å². The highest BCUT2D eigenvalue weighted by atomic mass is 32.2. The van der Waals surface area contributed by atoms with Gasteiger partial charge in [-0.05, 0) is 44.5 Å². The molecule has 0 radical (unpaired) electrons. The lowest BCUT2D eigenvalue weighted by atomic mass is 10.2. The molecule has 124 valence electrons. The topological polar surface area (TPSA) is 88.2 Å². The molecule has 0 saturated heterocycles. The molecule has 0 aliphatic carbocycles. The van der Waals surface area contributed by atoms with Gasteiger partial charge in [0, 0.05) is 22.7 Å². The summed E-state index contributed by atoms with van der Waals surface area (Å²) in [6, 6.07) is 5.68. The van der Waals surface area contributed by atoms with Gasteiger partial charge in [-0.25, -0.2) is 18.1 Å². The zero-order valence-electron chi connectivity index (χ0n) is 13.2. The number of anilines is 1. The molecule has 0 saturated carbocycles. The van der Waals surface area contributed by atoms with Crippen LogP contribution in [0.5, 0.6) is 0 Å². The van der Waals surface area contributed by atoms with Crippen LogP contribution in [0.4, 0.5) is 5.13 Å². The van der Waals surface area contributed by atoms with E-state index >= 15 is 0 Å². The van der Waals surface area contributed by atoms with Crippen LogP contribution >= 0.6 is 11.3 Å². The van der Waals surface area contributed by atoms with Crippen LogP contribution in [0.2, 0.25) is 0 Å². The summed E-state index contributed by atoms with van der Waals surface area (Å²) in [5, 5.41) is 3.20. The minimum atomic E-state index is -3.56. The third-order valence-corrected chi connectivity index (χ3v) is 5.67. The van der Waals surface area contributed by atoms with E-state index in [1.165, 1.54) is 35.6 Å². The molecule has 8 heteroatoms. The number of benzene rings is 1. The highest BCUT2D eigenvalue weighted by Crippen LogP contribution is 2.18. The van der Waals surface area contributed by atoms with Crippen LogP contribution in [0.1, 0.15) is 35.5 Å². The standard InChI is InChI=1S/C15H19N3O3S2/c1-4-10(2)18-23(20,21)13-7-5-12(6-8-13)14(19)17-15-16-9-11(3)22-15/h5-10,18H,4H2,1-3H3,(H,16,17,19). The van der Waals surface area contributed by atoms with Gasteiger partial charge in [0.25, 0.3) is 5.91 Å². The molecule has 2 N–H and O–H groups in total. The highest BCUT2D eigenvalue weighted by Gasteiger charge is 2.17. The number of aromatic nitrogens is 1. The molecule has 6 nitrogen and oxygen atoms in total. The summed E-state index contributed by atoms with van der Waals surface area (Å²) in [5.74, 6) is -0.321. The minimum absolute atomic E-state index is 0.138. The molecule has 2 rings (SSSR count). The lowest BCUT2D eigenvalue weighted by Gasteiger charge is -2.12. The highest BCUT2D eigenvalue weighted by molar-refractivity contribution is 7.89. The third kappa shape index (κ3) is 4.60. The van der Waals surface area contributed by atoms with Gasteiger partial charge < -0.3 is 0 Å². The molecule has 1 unspecified atom stereocenters. The Labute approximate surface area is 140 Å². The zero-order valence-corrected chi connectivity index (χ0v) is 14.8. The number of thiazole rings is 1. The van der Waals surface area contributed by atoms with Gasteiger partial charge >= 0.3 is 0 Å². The van der Waals surface area contributed by atoms with Gasteiger partial charge in [0.05, 0.1) is 4.90 Å². The number of hydrogen-bond donors (Lipinski definition) is 2. The fourth-order valence-corrected chi connectivity index (χ4v) is 3.77. The predicted molar refractivity (Wildman–Crippen MR) is 91.3 cm³/mol.